The Morgan fingerprint density at radius 1 is 1.31 bits per heavy atom. The topological polar surface area (TPSA) is 55.8 Å². The molecule has 3 rings (SSSR count). The van der Waals surface area contributed by atoms with Gasteiger partial charge in [0.2, 0.25) is 0 Å². The zero-order chi connectivity index (χ0) is 21.0. The van der Waals surface area contributed by atoms with E-state index in [1.807, 2.05) is 0 Å². The minimum absolute atomic E-state index is 0.0346. The van der Waals surface area contributed by atoms with E-state index in [9.17, 15) is 14.0 Å². The van der Waals surface area contributed by atoms with E-state index in [-0.39, 0.29) is 34.6 Å². The lowest BCUT2D eigenvalue weighted by Crippen LogP contribution is -2.28. The monoisotopic (exact) mass is 431 g/mol. The first kappa shape index (κ1) is 20.8. The van der Waals surface area contributed by atoms with Crippen LogP contribution in [0.25, 0.3) is 6.08 Å². The van der Waals surface area contributed by atoms with Gasteiger partial charge in [-0.05, 0) is 41.6 Å². The highest BCUT2D eigenvalue weighted by molar-refractivity contribution is 8.18. The zero-order valence-corrected chi connectivity index (χ0v) is 16.8. The summed E-state index contributed by atoms with van der Waals surface area (Å²) in [6.07, 6.45) is 6.71. The van der Waals surface area contributed by atoms with Crippen molar-refractivity contribution in [3.05, 3.63) is 63.3 Å². The summed E-state index contributed by atoms with van der Waals surface area (Å²) < 4.78 is 24.8. The number of carbonyl (C=O) groups is 2. The van der Waals surface area contributed by atoms with Gasteiger partial charge in [-0.25, -0.2) is 4.39 Å². The van der Waals surface area contributed by atoms with Gasteiger partial charge in [0.1, 0.15) is 12.4 Å². The van der Waals surface area contributed by atoms with Crippen molar-refractivity contribution >= 4 is 40.6 Å². The highest BCUT2D eigenvalue weighted by Gasteiger charge is 2.34. The number of terminal acetylenes is 1. The summed E-state index contributed by atoms with van der Waals surface area (Å²) in [5.41, 5.74) is 0.910. The Hall–Kier alpha value is -2.95. The van der Waals surface area contributed by atoms with E-state index in [2.05, 4.69) is 5.92 Å². The molecular formula is C21H15ClFNO4S. The predicted molar refractivity (Wildman–Crippen MR) is 110 cm³/mol. The predicted octanol–water partition coefficient (Wildman–Crippen LogP) is 4.74. The third-order valence-electron chi connectivity index (χ3n) is 4.00. The molecule has 1 heterocycles. The van der Waals surface area contributed by atoms with E-state index in [1.54, 1.807) is 30.3 Å². The molecular weight excluding hydrogens is 417 g/mol. The molecule has 5 nitrogen and oxygen atoms in total. The van der Waals surface area contributed by atoms with Crippen LogP contribution in [0.1, 0.15) is 11.1 Å². The van der Waals surface area contributed by atoms with Crippen LogP contribution in [-0.4, -0.2) is 29.7 Å². The van der Waals surface area contributed by atoms with Crippen LogP contribution in [0.2, 0.25) is 5.02 Å². The van der Waals surface area contributed by atoms with Gasteiger partial charge in [0.25, 0.3) is 11.1 Å². The van der Waals surface area contributed by atoms with Crippen LogP contribution in [-0.2, 0) is 11.4 Å². The fourth-order valence-corrected chi connectivity index (χ4v) is 3.72. The Kier molecular flexibility index (Phi) is 6.47. The van der Waals surface area contributed by atoms with Crippen molar-refractivity contribution in [3.63, 3.8) is 0 Å². The van der Waals surface area contributed by atoms with Crippen LogP contribution in [0.3, 0.4) is 0 Å². The molecule has 2 aromatic carbocycles. The second kappa shape index (κ2) is 9.03. The fourth-order valence-electron chi connectivity index (χ4n) is 2.61. The summed E-state index contributed by atoms with van der Waals surface area (Å²) >= 11 is 7.12. The number of nitrogens with zero attached hydrogens (tertiary/aromatic N) is 1. The largest absolute Gasteiger partial charge is 0.493 e. The molecule has 2 amide bonds. The molecule has 1 fully saturated rings. The van der Waals surface area contributed by atoms with Crippen molar-refractivity contribution in [2.24, 2.45) is 0 Å². The average molecular weight is 432 g/mol. The van der Waals surface area contributed by atoms with Crippen LogP contribution in [0.4, 0.5) is 9.18 Å². The van der Waals surface area contributed by atoms with Gasteiger partial charge in [0.05, 0.1) is 23.6 Å². The van der Waals surface area contributed by atoms with E-state index in [0.29, 0.717) is 16.9 Å². The molecule has 1 saturated heterocycles. The third kappa shape index (κ3) is 4.56. The summed E-state index contributed by atoms with van der Waals surface area (Å²) in [6.45, 7) is -0.123. The SMILES string of the molecule is C#CCN1C(=O)S/C(=C/c2cc(Cl)c(OCc3ccccc3F)c(OC)c2)C1=O. The number of amides is 2. The zero-order valence-electron chi connectivity index (χ0n) is 15.3. The second-order valence-corrected chi connectivity index (χ2v) is 7.29. The highest BCUT2D eigenvalue weighted by atomic mass is 35.5. The van der Waals surface area contributed by atoms with E-state index in [1.165, 1.54) is 19.3 Å². The molecule has 0 radical (unpaired) electrons. The lowest BCUT2D eigenvalue weighted by molar-refractivity contribution is -0.122. The first-order valence-corrected chi connectivity index (χ1v) is 9.56. The normalized spacial score (nSPS) is 15.0. The minimum atomic E-state index is -0.465. The molecule has 0 unspecified atom stereocenters. The van der Waals surface area contributed by atoms with Crippen molar-refractivity contribution in [2.45, 2.75) is 6.61 Å². The molecule has 0 aliphatic carbocycles. The number of imide groups is 1. The molecule has 0 aromatic heterocycles. The number of rotatable bonds is 6. The summed E-state index contributed by atoms with van der Waals surface area (Å²) in [6, 6.07) is 9.42. The minimum Gasteiger partial charge on any atom is -0.493 e. The molecule has 0 bridgehead atoms. The second-order valence-electron chi connectivity index (χ2n) is 5.89. The average Bonchev–Trinajstić information content (AvgIpc) is 2.95. The number of ether oxygens (including phenoxy) is 2. The van der Waals surface area contributed by atoms with Crippen LogP contribution in [0.15, 0.2) is 41.3 Å². The molecule has 148 valence electrons. The van der Waals surface area contributed by atoms with Gasteiger partial charge in [-0.2, -0.15) is 0 Å². The van der Waals surface area contributed by atoms with Gasteiger partial charge in [-0.15, -0.1) is 6.42 Å². The van der Waals surface area contributed by atoms with Crippen LogP contribution < -0.4 is 9.47 Å². The van der Waals surface area contributed by atoms with Gasteiger partial charge < -0.3 is 9.47 Å². The van der Waals surface area contributed by atoms with E-state index in [0.717, 1.165) is 16.7 Å². The van der Waals surface area contributed by atoms with Crippen molar-refractivity contribution in [1.29, 1.82) is 0 Å². The third-order valence-corrected chi connectivity index (χ3v) is 5.19. The highest BCUT2D eigenvalue weighted by Crippen LogP contribution is 2.39. The number of carbonyl (C=O) groups excluding carboxylic acids is 2. The smallest absolute Gasteiger partial charge is 0.294 e. The standard InChI is InChI=1S/C21H15ClFNO4S/c1-3-8-24-20(25)18(29-21(24)26)11-13-9-15(22)19(17(10-13)27-2)28-12-14-6-4-5-7-16(14)23/h1,4-7,9-11H,8,12H2,2H3/b18-11+. The van der Waals surface area contributed by atoms with Crippen molar-refractivity contribution in [2.75, 3.05) is 13.7 Å². The van der Waals surface area contributed by atoms with E-state index >= 15 is 0 Å². The summed E-state index contributed by atoms with van der Waals surface area (Å²) in [5.74, 6) is 1.98. The molecule has 8 heteroatoms. The van der Waals surface area contributed by atoms with Crippen molar-refractivity contribution in [1.82, 2.24) is 4.90 Å². The first-order chi connectivity index (χ1) is 13.9. The summed E-state index contributed by atoms with van der Waals surface area (Å²) in [4.78, 5) is 25.4. The maximum atomic E-state index is 13.8. The quantitative estimate of drug-likeness (QED) is 0.488. The van der Waals surface area contributed by atoms with Crippen LogP contribution in [0.5, 0.6) is 11.5 Å². The molecule has 0 spiro atoms. The Labute approximate surface area is 176 Å². The Morgan fingerprint density at radius 3 is 2.76 bits per heavy atom. The lowest BCUT2D eigenvalue weighted by atomic mass is 10.1. The van der Waals surface area contributed by atoms with Gasteiger partial charge in [-0.3, -0.25) is 14.5 Å². The maximum Gasteiger partial charge on any atom is 0.294 e. The lowest BCUT2D eigenvalue weighted by Gasteiger charge is -2.14. The number of thioether (sulfide) groups is 1. The van der Waals surface area contributed by atoms with Gasteiger partial charge in [0.15, 0.2) is 11.5 Å². The number of benzene rings is 2. The van der Waals surface area contributed by atoms with Crippen molar-refractivity contribution in [3.8, 4) is 23.8 Å². The Morgan fingerprint density at radius 2 is 2.07 bits per heavy atom. The summed E-state index contributed by atoms with van der Waals surface area (Å²) in [5, 5.41) is -0.211. The summed E-state index contributed by atoms with van der Waals surface area (Å²) in [7, 11) is 1.44. The molecule has 0 N–H and O–H groups in total. The first-order valence-electron chi connectivity index (χ1n) is 8.37. The maximum absolute atomic E-state index is 13.8. The molecule has 1 aliphatic rings. The Balaban J connectivity index is 1.85. The van der Waals surface area contributed by atoms with Crippen LogP contribution >= 0.6 is 23.4 Å². The Bertz CT molecular complexity index is 1050. The number of hydrogen-bond acceptors (Lipinski definition) is 5. The van der Waals surface area contributed by atoms with Gasteiger partial charge in [-0.1, -0.05) is 35.7 Å². The van der Waals surface area contributed by atoms with Gasteiger partial charge >= 0.3 is 0 Å². The van der Waals surface area contributed by atoms with Gasteiger partial charge in [0, 0.05) is 5.56 Å². The van der Waals surface area contributed by atoms with E-state index < -0.39 is 11.1 Å². The molecule has 0 atom stereocenters. The molecule has 0 saturated carbocycles. The molecule has 29 heavy (non-hydrogen) atoms. The fraction of sp³-hybridized carbons (Fsp3) is 0.143. The number of hydrogen-bond donors (Lipinski definition) is 0. The number of halogens is 2. The molecule has 1 aliphatic heterocycles. The van der Waals surface area contributed by atoms with Crippen molar-refractivity contribution < 1.29 is 23.5 Å². The van der Waals surface area contributed by atoms with E-state index in [4.69, 9.17) is 27.5 Å². The van der Waals surface area contributed by atoms with Crippen LogP contribution in [0, 0.1) is 18.2 Å². The number of methoxy groups -OCH3 is 1. The molecule has 2 aromatic rings.